The zero-order chi connectivity index (χ0) is 16.2. The van der Waals surface area contributed by atoms with Crippen LogP contribution in [-0.2, 0) is 11.3 Å². The van der Waals surface area contributed by atoms with Gasteiger partial charge in [-0.25, -0.2) is 13.8 Å². The van der Waals surface area contributed by atoms with E-state index < -0.39 is 11.6 Å². The molecule has 0 atom stereocenters. The fraction of sp³-hybridized carbons (Fsp3) is 0.143. The third-order valence-corrected chi connectivity index (χ3v) is 3.76. The molecular formula is C14H11F2N5OS. The summed E-state index contributed by atoms with van der Waals surface area (Å²) in [5.74, 6) is -2.06. The third kappa shape index (κ3) is 3.75. The molecule has 9 heteroatoms. The van der Waals surface area contributed by atoms with Gasteiger partial charge in [0.15, 0.2) is 16.8 Å². The number of rotatable bonds is 5. The Labute approximate surface area is 133 Å². The molecule has 3 aromatic rings. The Kier molecular flexibility index (Phi) is 4.38. The van der Waals surface area contributed by atoms with Gasteiger partial charge in [-0.2, -0.15) is 0 Å². The average molecular weight is 335 g/mol. The normalized spacial score (nSPS) is 10.7. The van der Waals surface area contributed by atoms with E-state index in [1.54, 1.807) is 16.3 Å². The minimum Gasteiger partial charge on any atom is -0.302 e. The van der Waals surface area contributed by atoms with Crippen LogP contribution in [-0.4, -0.2) is 25.9 Å². The zero-order valence-electron chi connectivity index (χ0n) is 11.7. The highest BCUT2D eigenvalue weighted by atomic mass is 32.1. The quantitative estimate of drug-likeness (QED) is 0.778. The van der Waals surface area contributed by atoms with E-state index in [4.69, 9.17) is 0 Å². The van der Waals surface area contributed by atoms with Crippen molar-refractivity contribution in [2.75, 3.05) is 5.32 Å². The van der Waals surface area contributed by atoms with Gasteiger partial charge in [0.1, 0.15) is 0 Å². The first-order valence-corrected chi connectivity index (χ1v) is 7.55. The summed E-state index contributed by atoms with van der Waals surface area (Å²) in [5.41, 5.74) is 0.920. The zero-order valence-corrected chi connectivity index (χ0v) is 12.6. The van der Waals surface area contributed by atoms with Crippen molar-refractivity contribution >= 4 is 22.4 Å². The summed E-state index contributed by atoms with van der Waals surface area (Å²) in [5, 5.41) is 12.1. The highest BCUT2D eigenvalue weighted by Gasteiger charge is 2.10. The van der Waals surface area contributed by atoms with Crippen LogP contribution in [0.2, 0.25) is 0 Å². The van der Waals surface area contributed by atoms with E-state index in [0.29, 0.717) is 22.9 Å². The minimum absolute atomic E-state index is 0.216. The van der Waals surface area contributed by atoms with Crippen molar-refractivity contribution in [2.24, 2.45) is 0 Å². The van der Waals surface area contributed by atoms with Gasteiger partial charge in [0.05, 0.1) is 18.4 Å². The molecule has 0 fully saturated rings. The van der Waals surface area contributed by atoms with Gasteiger partial charge in [-0.1, -0.05) is 5.21 Å². The Balaban J connectivity index is 1.62. The molecule has 6 nitrogen and oxygen atoms in total. The molecule has 0 saturated heterocycles. The van der Waals surface area contributed by atoms with Crippen molar-refractivity contribution in [1.29, 1.82) is 0 Å². The highest BCUT2D eigenvalue weighted by molar-refractivity contribution is 7.14. The lowest BCUT2D eigenvalue weighted by molar-refractivity contribution is -0.116. The molecule has 0 aliphatic carbocycles. The summed E-state index contributed by atoms with van der Waals surface area (Å²) in [4.78, 5) is 16.0. The molecule has 1 N–H and O–H groups in total. The molecule has 1 amide bonds. The summed E-state index contributed by atoms with van der Waals surface area (Å²) in [6.45, 7) is 0.410. The molecule has 23 heavy (non-hydrogen) atoms. The first-order valence-electron chi connectivity index (χ1n) is 6.67. The Morgan fingerprint density at radius 1 is 1.30 bits per heavy atom. The Bertz CT molecular complexity index is 818. The van der Waals surface area contributed by atoms with Gasteiger partial charge in [-0.05, 0) is 18.2 Å². The van der Waals surface area contributed by atoms with Gasteiger partial charge in [0, 0.05) is 23.6 Å². The van der Waals surface area contributed by atoms with Crippen LogP contribution in [0.5, 0.6) is 0 Å². The molecule has 0 saturated carbocycles. The molecule has 0 unspecified atom stereocenters. The lowest BCUT2D eigenvalue weighted by atomic mass is 10.2. The van der Waals surface area contributed by atoms with Crippen LogP contribution in [0.25, 0.3) is 11.3 Å². The number of hydrogen-bond acceptors (Lipinski definition) is 5. The second kappa shape index (κ2) is 6.61. The number of carbonyl (C=O) groups excluding carboxylic acids is 1. The maximum absolute atomic E-state index is 13.2. The van der Waals surface area contributed by atoms with E-state index in [0.717, 1.165) is 12.1 Å². The minimum atomic E-state index is -0.936. The molecule has 0 bridgehead atoms. The van der Waals surface area contributed by atoms with Gasteiger partial charge >= 0.3 is 0 Å². The average Bonchev–Trinajstić information content (AvgIpc) is 3.19. The number of aromatic nitrogens is 4. The van der Waals surface area contributed by atoms with E-state index in [1.807, 2.05) is 0 Å². The number of amides is 1. The second-order valence-corrected chi connectivity index (χ2v) is 5.49. The van der Waals surface area contributed by atoms with Gasteiger partial charge in [-0.3, -0.25) is 9.48 Å². The number of benzene rings is 1. The van der Waals surface area contributed by atoms with Crippen molar-refractivity contribution in [2.45, 2.75) is 13.0 Å². The van der Waals surface area contributed by atoms with Crippen LogP contribution >= 0.6 is 11.3 Å². The van der Waals surface area contributed by atoms with Crippen molar-refractivity contribution in [3.05, 3.63) is 47.6 Å². The predicted molar refractivity (Wildman–Crippen MR) is 80.7 cm³/mol. The van der Waals surface area contributed by atoms with Crippen molar-refractivity contribution in [3.63, 3.8) is 0 Å². The lowest BCUT2D eigenvalue weighted by Gasteiger charge is -2.01. The summed E-state index contributed by atoms with van der Waals surface area (Å²) >= 11 is 1.21. The van der Waals surface area contributed by atoms with Crippen molar-refractivity contribution in [1.82, 2.24) is 20.0 Å². The van der Waals surface area contributed by atoms with E-state index in [9.17, 15) is 13.6 Å². The summed E-state index contributed by atoms with van der Waals surface area (Å²) in [6, 6.07) is 3.55. The molecule has 0 aliphatic rings. The number of thiazole rings is 1. The van der Waals surface area contributed by atoms with Crippen molar-refractivity contribution in [3.8, 4) is 11.3 Å². The Morgan fingerprint density at radius 3 is 2.91 bits per heavy atom. The number of hydrogen-bond donors (Lipinski definition) is 1. The number of carbonyl (C=O) groups is 1. The predicted octanol–water partition coefficient (Wildman–Crippen LogP) is 2.71. The number of halogens is 2. The Hall–Kier alpha value is -2.68. The number of nitrogens with one attached hydrogen (secondary N) is 1. The molecule has 0 spiro atoms. The monoisotopic (exact) mass is 335 g/mol. The standard InChI is InChI=1S/C14H11F2N5OS/c15-10-2-1-9(7-11(10)16)12-8-23-14(18-12)19-13(22)3-5-21-6-4-17-20-21/h1-2,4,6-8H,3,5H2,(H,18,19,22). The van der Waals surface area contributed by atoms with Crippen LogP contribution < -0.4 is 5.32 Å². The fourth-order valence-corrected chi connectivity index (χ4v) is 2.60. The van der Waals surface area contributed by atoms with Crippen LogP contribution in [0.1, 0.15) is 6.42 Å². The highest BCUT2D eigenvalue weighted by Crippen LogP contribution is 2.26. The van der Waals surface area contributed by atoms with E-state index >= 15 is 0 Å². The summed E-state index contributed by atoms with van der Waals surface area (Å²) < 4.78 is 27.7. The molecule has 1 aromatic carbocycles. The molecule has 3 rings (SSSR count). The van der Waals surface area contributed by atoms with Crippen LogP contribution in [0.3, 0.4) is 0 Å². The number of nitrogens with zero attached hydrogens (tertiary/aromatic N) is 4. The van der Waals surface area contributed by atoms with E-state index in [-0.39, 0.29) is 12.3 Å². The van der Waals surface area contributed by atoms with Crippen LogP contribution in [0.4, 0.5) is 13.9 Å². The SMILES string of the molecule is O=C(CCn1ccnn1)Nc1nc(-c2ccc(F)c(F)c2)cs1. The molecule has 0 radical (unpaired) electrons. The fourth-order valence-electron chi connectivity index (χ4n) is 1.87. The van der Waals surface area contributed by atoms with Gasteiger partial charge < -0.3 is 5.32 Å². The topological polar surface area (TPSA) is 72.7 Å². The summed E-state index contributed by atoms with van der Waals surface area (Å²) in [7, 11) is 0. The molecule has 118 valence electrons. The Morgan fingerprint density at radius 2 is 2.17 bits per heavy atom. The molecular weight excluding hydrogens is 324 g/mol. The smallest absolute Gasteiger partial charge is 0.228 e. The second-order valence-electron chi connectivity index (χ2n) is 4.63. The molecule has 2 heterocycles. The van der Waals surface area contributed by atoms with Crippen LogP contribution in [0, 0.1) is 11.6 Å². The van der Waals surface area contributed by atoms with Crippen LogP contribution in [0.15, 0.2) is 36.0 Å². The van der Waals surface area contributed by atoms with Gasteiger partial charge in [0.25, 0.3) is 0 Å². The van der Waals surface area contributed by atoms with E-state index in [1.165, 1.54) is 23.6 Å². The third-order valence-electron chi connectivity index (χ3n) is 3.01. The van der Waals surface area contributed by atoms with Gasteiger partial charge in [0.2, 0.25) is 5.91 Å². The van der Waals surface area contributed by atoms with E-state index in [2.05, 4.69) is 20.6 Å². The maximum atomic E-state index is 13.2. The number of anilines is 1. The molecule has 2 aromatic heterocycles. The largest absolute Gasteiger partial charge is 0.302 e. The van der Waals surface area contributed by atoms with Crippen molar-refractivity contribution < 1.29 is 13.6 Å². The molecule has 0 aliphatic heterocycles. The maximum Gasteiger partial charge on any atom is 0.228 e. The first kappa shape index (κ1) is 15.2. The number of aryl methyl sites for hydroxylation is 1. The summed E-state index contributed by atoms with van der Waals surface area (Å²) in [6.07, 6.45) is 3.42. The lowest BCUT2D eigenvalue weighted by Crippen LogP contribution is -2.14. The van der Waals surface area contributed by atoms with Gasteiger partial charge in [-0.15, -0.1) is 16.4 Å². The first-order chi connectivity index (χ1) is 11.1.